The van der Waals surface area contributed by atoms with Gasteiger partial charge >= 0.3 is 0 Å². The molecule has 0 bridgehead atoms. The van der Waals surface area contributed by atoms with Gasteiger partial charge in [0, 0.05) is 0 Å². The molecular formula is C14H21F. The van der Waals surface area contributed by atoms with E-state index >= 15 is 0 Å². The van der Waals surface area contributed by atoms with Crippen molar-refractivity contribution >= 4 is 0 Å². The Bertz CT molecular complexity index is 313. The molecule has 0 aliphatic heterocycles. The molecule has 0 aliphatic carbocycles. The van der Waals surface area contributed by atoms with Gasteiger partial charge in [-0.1, -0.05) is 39.8 Å². The van der Waals surface area contributed by atoms with E-state index in [9.17, 15) is 4.39 Å². The SMILES string of the molecule is CC(C)Cc1ccc(CC(C)C)c(F)c1. The number of halogens is 1. The Labute approximate surface area is 92.5 Å². The van der Waals surface area contributed by atoms with Crippen LogP contribution in [0.15, 0.2) is 18.2 Å². The molecule has 0 nitrogen and oxygen atoms in total. The molecule has 15 heavy (non-hydrogen) atoms. The van der Waals surface area contributed by atoms with Gasteiger partial charge < -0.3 is 0 Å². The van der Waals surface area contributed by atoms with Crippen molar-refractivity contribution in [2.24, 2.45) is 11.8 Å². The fourth-order valence-corrected chi connectivity index (χ4v) is 1.79. The normalized spacial score (nSPS) is 11.4. The van der Waals surface area contributed by atoms with Crippen molar-refractivity contribution in [2.75, 3.05) is 0 Å². The molecule has 0 unspecified atom stereocenters. The Kier molecular flexibility index (Phi) is 4.31. The van der Waals surface area contributed by atoms with Gasteiger partial charge in [-0.2, -0.15) is 0 Å². The van der Waals surface area contributed by atoms with E-state index in [4.69, 9.17) is 0 Å². The van der Waals surface area contributed by atoms with Crippen molar-refractivity contribution in [3.63, 3.8) is 0 Å². The van der Waals surface area contributed by atoms with Gasteiger partial charge in [-0.3, -0.25) is 0 Å². The number of hydrogen-bond acceptors (Lipinski definition) is 0. The van der Waals surface area contributed by atoms with E-state index in [0.29, 0.717) is 11.8 Å². The Morgan fingerprint density at radius 3 is 2.07 bits per heavy atom. The van der Waals surface area contributed by atoms with Crippen LogP contribution in [0.3, 0.4) is 0 Å². The zero-order valence-electron chi connectivity index (χ0n) is 10.2. The van der Waals surface area contributed by atoms with Crippen molar-refractivity contribution in [1.29, 1.82) is 0 Å². The van der Waals surface area contributed by atoms with Crippen LogP contribution in [0.2, 0.25) is 0 Å². The van der Waals surface area contributed by atoms with E-state index in [-0.39, 0.29) is 5.82 Å². The Morgan fingerprint density at radius 2 is 1.60 bits per heavy atom. The third-order valence-corrected chi connectivity index (χ3v) is 2.39. The lowest BCUT2D eigenvalue weighted by Crippen LogP contribution is -2.00. The van der Waals surface area contributed by atoms with Gasteiger partial charge in [-0.25, -0.2) is 4.39 Å². The monoisotopic (exact) mass is 208 g/mol. The van der Waals surface area contributed by atoms with Crippen molar-refractivity contribution in [2.45, 2.75) is 40.5 Å². The quantitative estimate of drug-likeness (QED) is 0.695. The number of rotatable bonds is 4. The van der Waals surface area contributed by atoms with Crippen LogP contribution >= 0.6 is 0 Å². The summed E-state index contributed by atoms with van der Waals surface area (Å²) < 4.78 is 13.7. The summed E-state index contributed by atoms with van der Waals surface area (Å²) in [6.45, 7) is 8.53. The Balaban J connectivity index is 2.78. The summed E-state index contributed by atoms with van der Waals surface area (Å²) >= 11 is 0. The van der Waals surface area contributed by atoms with Gasteiger partial charge in [0.25, 0.3) is 0 Å². The standard InChI is InChI=1S/C14H21F/c1-10(2)7-12-5-6-13(8-11(3)4)14(15)9-12/h5-6,9-11H,7-8H2,1-4H3. The Morgan fingerprint density at radius 1 is 1.00 bits per heavy atom. The molecule has 0 aliphatic rings. The highest BCUT2D eigenvalue weighted by Gasteiger charge is 2.06. The fraction of sp³-hybridized carbons (Fsp3) is 0.571. The maximum absolute atomic E-state index is 13.7. The average molecular weight is 208 g/mol. The minimum absolute atomic E-state index is 0.0400. The highest BCUT2D eigenvalue weighted by molar-refractivity contribution is 5.25. The molecule has 84 valence electrons. The molecule has 0 atom stereocenters. The van der Waals surface area contributed by atoms with E-state index in [0.717, 1.165) is 24.0 Å². The fourth-order valence-electron chi connectivity index (χ4n) is 1.79. The number of benzene rings is 1. The molecule has 0 fully saturated rings. The first-order valence-electron chi connectivity index (χ1n) is 5.76. The molecule has 0 saturated carbocycles. The van der Waals surface area contributed by atoms with Crippen molar-refractivity contribution in [3.8, 4) is 0 Å². The summed E-state index contributed by atoms with van der Waals surface area (Å²) in [4.78, 5) is 0. The molecule has 0 spiro atoms. The van der Waals surface area contributed by atoms with Crippen LogP contribution in [0.5, 0.6) is 0 Å². The second kappa shape index (κ2) is 5.29. The maximum Gasteiger partial charge on any atom is 0.126 e. The molecule has 1 rings (SSSR count). The minimum atomic E-state index is -0.0400. The largest absolute Gasteiger partial charge is 0.207 e. The highest BCUT2D eigenvalue weighted by atomic mass is 19.1. The smallest absolute Gasteiger partial charge is 0.126 e. The van der Waals surface area contributed by atoms with Crippen molar-refractivity contribution in [3.05, 3.63) is 35.1 Å². The van der Waals surface area contributed by atoms with E-state index < -0.39 is 0 Å². The van der Waals surface area contributed by atoms with Crippen LogP contribution in [0, 0.1) is 17.7 Å². The third kappa shape index (κ3) is 4.03. The van der Waals surface area contributed by atoms with Crippen LogP contribution < -0.4 is 0 Å². The molecular weight excluding hydrogens is 187 g/mol. The second-order valence-corrected chi connectivity index (χ2v) is 5.12. The topological polar surface area (TPSA) is 0 Å². The second-order valence-electron chi connectivity index (χ2n) is 5.12. The van der Waals surface area contributed by atoms with Gasteiger partial charge in [0.1, 0.15) is 5.82 Å². The van der Waals surface area contributed by atoms with Crippen molar-refractivity contribution in [1.82, 2.24) is 0 Å². The lowest BCUT2D eigenvalue weighted by molar-refractivity contribution is 0.569. The molecule has 1 aromatic rings. The van der Waals surface area contributed by atoms with Gasteiger partial charge in [-0.05, 0) is 41.9 Å². The summed E-state index contributed by atoms with van der Waals surface area (Å²) in [7, 11) is 0. The number of hydrogen-bond donors (Lipinski definition) is 0. The molecule has 0 aromatic heterocycles. The molecule has 0 radical (unpaired) electrons. The van der Waals surface area contributed by atoms with E-state index in [1.54, 1.807) is 6.07 Å². The average Bonchev–Trinajstić information content (AvgIpc) is 2.08. The van der Waals surface area contributed by atoms with Gasteiger partial charge in [0.15, 0.2) is 0 Å². The van der Waals surface area contributed by atoms with Crippen LogP contribution in [-0.4, -0.2) is 0 Å². The minimum Gasteiger partial charge on any atom is -0.207 e. The highest BCUT2D eigenvalue weighted by Crippen LogP contribution is 2.16. The molecule has 1 heteroatoms. The maximum atomic E-state index is 13.7. The third-order valence-electron chi connectivity index (χ3n) is 2.39. The van der Waals surface area contributed by atoms with Crippen LogP contribution in [0.25, 0.3) is 0 Å². The van der Waals surface area contributed by atoms with Crippen LogP contribution in [0.4, 0.5) is 4.39 Å². The molecule has 0 amide bonds. The first-order valence-corrected chi connectivity index (χ1v) is 5.76. The summed E-state index contributed by atoms with van der Waals surface area (Å²) in [5.41, 5.74) is 1.95. The summed E-state index contributed by atoms with van der Waals surface area (Å²) in [5, 5.41) is 0. The predicted octanol–water partition coefficient (Wildman–Crippen LogP) is 4.22. The Hall–Kier alpha value is -0.850. The first kappa shape index (κ1) is 12.2. The van der Waals surface area contributed by atoms with E-state index in [1.165, 1.54) is 0 Å². The first-order chi connectivity index (χ1) is 6.99. The molecule has 1 aromatic carbocycles. The summed E-state index contributed by atoms with van der Waals surface area (Å²) in [6.07, 6.45) is 1.78. The molecule has 0 heterocycles. The van der Waals surface area contributed by atoms with E-state index in [1.807, 2.05) is 6.07 Å². The van der Waals surface area contributed by atoms with E-state index in [2.05, 4.69) is 33.8 Å². The van der Waals surface area contributed by atoms with Crippen molar-refractivity contribution < 1.29 is 4.39 Å². The summed E-state index contributed by atoms with van der Waals surface area (Å²) in [6, 6.07) is 5.69. The van der Waals surface area contributed by atoms with Crippen LogP contribution in [0.1, 0.15) is 38.8 Å². The zero-order valence-corrected chi connectivity index (χ0v) is 10.2. The lowest BCUT2D eigenvalue weighted by atomic mass is 9.98. The van der Waals surface area contributed by atoms with Gasteiger partial charge in [-0.15, -0.1) is 0 Å². The van der Waals surface area contributed by atoms with Gasteiger partial charge in [0.05, 0.1) is 0 Å². The van der Waals surface area contributed by atoms with Crippen LogP contribution in [-0.2, 0) is 12.8 Å². The summed E-state index contributed by atoms with van der Waals surface area (Å²) in [5.74, 6) is 1.05. The molecule has 0 saturated heterocycles. The van der Waals surface area contributed by atoms with Gasteiger partial charge in [0.2, 0.25) is 0 Å². The predicted molar refractivity (Wildman–Crippen MR) is 63.5 cm³/mol. The zero-order chi connectivity index (χ0) is 11.4. The lowest BCUT2D eigenvalue weighted by Gasteiger charge is -2.09. The molecule has 0 N–H and O–H groups in total.